The highest BCUT2D eigenvalue weighted by atomic mass is 35.5. The van der Waals surface area contributed by atoms with E-state index >= 15 is 0 Å². The third kappa shape index (κ3) is 6.39. The molecule has 1 atom stereocenters. The molecule has 0 aliphatic rings. The van der Waals surface area contributed by atoms with E-state index in [2.05, 4.69) is 15.6 Å². The summed E-state index contributed by atoms with van der Waals surface area (Å²) in [5.41, 5.74) is 5.85. The number of ether oxygens (including phenoxy) is 1. The third-order valence-corrected chi connectivity index (χ3v) is 5.82. The molecule has 0 saturated carbocycles. The van der Waals surface area contributed by atoms with Gasteiger partial charge in [-0.1, -0.05) is 48.9 Å². The first-order chi connectivity index (χ1) is 13.5. The van der Waals surface area contributed by atoms with E-state index in [1.54, 1.807) is 24.3 Å². The van der Waals surface area contributed by atoms with Crippen molar-refractivity contribution >= 4 is 55.4 Å². The molecule has 2 rings (SSSR count). The van der Waals surface area contributed by atoms with Crippen LogP contribution in [0.4, 0.5) is 10.8 Å². The fraction of sp³-hybridized carbons (Fsp3) is 0.353. The molecule has 0 spiro atoms. The minimum Gasteiger partial charge on any atom is -0.491 e. The van der Waals surface area contributed by atoms with Gasteiger partial charge in [-0.05, 0) is 18.1 Å². The molecule has 9 nitrogen and oxygen atoms in total. The molecule has 2 aromatic rings. The molecule has 158 valence electrons. The highest BCUT2D eigenvalue weighted by Crippen LogP contribution is 2.33. The van der Waals surface area contributed by atoms with E-state index in [0.29, 0.717) is 18.0 Å². The number of hydrogen-bond acceptors (Lipinski definition) is 8. The maximum absolute atomic E-state index is 12.2. The summed E-state index contributed by atoms with van der Waals surface area (Å²) in [5.74, 6) is -1.25. The van der Waals surface area contributed by atoms with Crippen LogP contribution < -0.4 is 21.1 Å². The quantitative estimate of drug-likeness (QED) is 0.538. The highest BCUT2D eigenvalue weighted by Gasteiger charge is 2.26. The van der Waals surface area contributed by atoms with Gasteiger partial charge in [0, 0.05) is 6.26 Å². The van der Waals surface area contributed by atoms with Gasteiger partial charge in [0.15, 0.2) is 20.3 Å². The number of aromatic nitrogens is 1. The number of nitrogens with two attached hydrogens (primary N) is 1. The molecule has 29 heavy (non-hydrogen) atoms. The number of thiazole rings is 1. The van der Waals surface area contributed by atoms with Crippen molar-refractivity contribution in [1.29, 1.82) is 0 Å². The molecule has 12 heteroatoms. The number of amides is 2. The molecule has 1 aromatic carbocycles. The number of nitrogens with zero attached hydrogens (tertiary/aromatic N) is 1. The van der Waals surface area contributed by atoms with Crippen LogP contribution >= 0.6 is 22.9 Å². The summed E-state index contributed by atoms with van der Waals surface area (Å²) >= 11 is 6.76. The predicted molar refractivity (Wildman–Crippen MR) is 113 cm³/mol. The maximum Gasteiger partial charge on any atom is 0.315 e. The summed E-state index contributed by atoms with van der Waals surface area (Å²) < 4.78 is 28.8. The number of hydrogen-bond donors (Lipinski definition) is 3. The van der Waals surface area contributed by atoms with Gasteiger partial charge in [0.05, 0.1) is 12.3 Å². The second-order valence-corrected chi connectivity index (χ2v) is 10.3. The molecule has 0 bridgehead atoms. The van der Waals surface area contributed by atoms with Crippen LogP contribution in [0.2, 0.25) is 4.34 Å². The minimum atomic E-state index is -3.64. The van der Waals surface area contributed by atoms with Gasteiger partial charge in [-0.3, -0.25) is 14.9 Å². The Morgan fingerprint density at radius 2 is 1.86 bits per heavy atom. The number of carbonyl (C=O) groups is 2. The van der Waals surface area contributed by atoms with E-state index in [9.17, 15) is 18.0 Å². The van der Waals surface area contributed by atoms with Crippen molar-refractivity contribution in [3.05, 3.63) is 34.3 Å². The molecule has 1 heterocycles. The summed E-state index contributed by atoms with van der Waals surface area (Å²) in [4.78, 5) is 28.3. The van der Waals surface area contributed by atoms with Crippen LogP contribution in [0.25, 0.3) is 0 Å². The Balaban J connectivity index is 2.08. The molecular weight excluding hydrogens is 440 g/mol. The second-order valence-electron chi connectivity index (χ2n) is 6.54. The van der Waals surface area contributed by atoms with Gasteiger partial charge in [-0.2, -0.15) is 0 Å². The SMILES string of the molecule is CC(C)COc1ccccc1NC(=O)C(=O)Nc1nc(C(N)S(C)(=O)=O)c(Cl)s1. The fourth-order valence-corrected chi connectivity index (χ4v) is 3.86. The van der Waals surface area contributed by atoms with Crippen molar-refractivity contribution in [1.82, 2.24) is 4.98 Å². The molecule has 0 fully saturated rings. The van der Waals surface area contributed by atoms with Crippen LogP contribution in [-0.4, -0.2) is 38.1 Å². The first-order valence-corrected chi connectivity index (χ1v) is 11.6. The number of carbonyl (C=O) groups excluding carboxylic acids is 2. The van der Waals surface area contributed by atoms with Gasteiger partial charge < -0.3 is 15.8 Å². The molecule has 2 amide bonds. The lowest BCUT2D eigenvalue weighted by atomic mass is 10.2. The lowest BCUT2D eigenvalue weighted by Crippen LogP contribution is -2.29. The van der Waals surface area contributed by atoms with Crippen LogP contribution in [0.5, 0.6) is 5.75 Å². The Morgan fingerprint density at radius 3 is 2.48 bits per heavy atom. The Bertz CT molecular complexity index is 1010. The summed E-state index contributed by atoms with van der Waals surface area (Å²) in [5, 5.41) is 3.27. The summed E-state index contributed by atoms with van der Waals surface area (Å²) in [6.07, 6.45) is 0.942. The Hall–Kier alpha value is -2.21. The van der Waals surface area contributed by atoms with Crippen molar-refractivity contribution in [3.8, 4) is 5.75 Å². The van der Waals surface area contributed by atoms with Gasteiger partial charge >= 0.3 is 11.8 Å². The summed E-state index contributed by atoms with van der Waals surface area (Å²) in [6, 6.07) is 6.71. The molecule has 4 N–H and O–H groups in total. The number of sulfone groups is 1. The van der Waals surface area contributed by atoms with E-state index in [1.165, 1.54) is 0 Å². The smallest absolute Gasteiger partial charge is 0.315 e. The Labute approximate surface area is 177 Å². The summed E-state index contributed by atoms with van der Waals surface area (Å²) in [7, 11) is -3.64. The Kier molecular flexibility index (Phi) is 7.58. The predicted octanol–water partition coefficient (Wildman–Crippen LogP) is 2.41. The number of anilines is 2. The number of para-hydroxylation sites is 2. The zero-order chi connectivity index (χ0) is 21.8. The van der Waals surface area contributed by atoms with Crippen LogP contribution in [0.1, 0.15) is 24.9 Å². The second kappa shape index (κ2) is 9.53. The topological polar surface area (TPSA) is 140 Å². The van der Waals surface area contributed by atoms with Crippen molar-refractivity contribution in [2.75, 3.05) is 23.5 Å². The average molecular weight is 461 g/mol. The van der Waals surface area contributed by atoms with Crippen molar-refractivity contribution in [2.45, 2.75) is 19.2 Å². The zero-order valence-corrected chi connectivity index (χ0v) is 18.3. The highest BCUT2D eigenvalue weighted by molar-refractivity contribution is 7.90. The van der Waals surface area contributed by atoms with Crippen LogP contribution in [-0.2, 0) is 19.4 Å². The van der Waals surface area contributed by atoms with E-state index in [1.807, 2.05) is 13.8 Å². The van der Waals surface area contributed by atoms with Gasteiger partial charge in [0.25, 0.3) is 0 Å². The van der Waals surface area contributed by atoms with Crippen molar-refractivity contribution < 1.29 is 22.7 Å². The zero-order valence-electron chi connectivity index (χ0n) is 15.9. The van der Waals surface area contributed by atoms with E-state index in [-0.39, 0.29) is 21.1 Å². The molecule has 0 aliphatic heterocycles. The number of rotatable bonds is 7. The van der Waals surface area contributed by atoms with E-state index in [0.717, 1.165) is 17.6 Å². The lowest BCUT2D eigenvalue weighted by molar-refractivity contribution is -0.133. The van der Waals surface area contributed by atoms with Crippen LogP contribution in [0, 0.1) is 5.92 Å². The molecule has 0 aliphatic carbocycles. The van der Waals surface area contributed by atoms with E-state index < -0.39 is 27.0 Å². The normalized spacial score (nSPS) is 12.5. The molecule has 1 aromatic heterocycles. The standard InChI is InChI=1S/C17H21ClN4O5S2/c1-9(2)8-27-11-7-5-4-6-10(11)20-15(23)16(24)22-17-21-12(13(18)28-17)14(19)29(3,25)26/h4-7,9,14H,8,19H2,1-3H3,(H,20,23)(H,21,22,24). The maximum atomic E-state index is 12.2. The van der Waals surface area contributed by atoms with E-state index in [4.69, 9.17) is 22.1 Å². The minimum absolute atomic E-state index is 0.00562. The van der Waals surface area contributed by atoms with Gasteiger partial charge in [0.2, 0.25) is 0 Å². The molecule has 0 saturated heterocycles. The van der Waals surface area contributed by atoms with Gasteiger partial charge in [-0.25, -0.2) is 13.4 Å². The Morgan fingerprint density at radius 1 is 1.24 bits per heavy atom. The first-order valence-electron chi connectivity index (χ1n) is 8.44. The summed E-state index contributed by atoms with van der Waals surface area (Å²) in [6.45, 7) is 4.41. The number of benzene rings is 1. The lowest BCUT2D eigenvalue weighted by Gasteiger charge is -2.13. The van der Waals surface area contributed by atoms with Crippen LogP contribution in [0.15, 0.2) is 24.3 Å². The molecular formula is C17H21ClN4O5S2. The van der Waals surface area contributed by atoms with Gasteiger partial charge in [0.1, 0.15) is 15.8 Å². The number of nitrogens with one attached hydrogen (secondary N) is 2. The van der Waals surface area contributed by atoms with Crippen molar-refractivity contribution in [2.24, 2.45) is 11.7 Å². The third-order valence-electron chi connectivity index (χ3n) is 3.47. The average Bonchev–Trinajstić information content (AvgIpc) is 2.99. The monoisotopic (exact) mass is 460 g/mol. The van der Waals surface area contributed by atoms with Crippen LogP contribution in [0.3, 0.4) is 0 Å². The fourth-order valence-electron chi connectivity index (χ4n) is 2.03. The largest absolute Gasteiger partial charge is 0.491 e. The van der Waals surface area contributed by atoms with Gasteiger partial charge in [-0.15, -0.1) is 0 Å². The first kappa shape index (κ1) is 23.1. The van der Waals surface area contributed by atoms with Crippen molar-refractivity contribution in [3.63, 3.8) is 0 Å². The molecule has 1 unspecified atom stereocenters. The number of halogens is 1. The molecule has 0 radical (unpaired) electrons.